The molecule has 1 aromatic rings. The average molecular weight is 239 g/mol. The first-order valence-corrected chi connectivity index (χ1v) is 6.23. The first-order valence-electron chi connectivity index (χ1n) is 6.23. The molecule has 0 saturated heterocycles. The summed E-state index contributed by atoms with van der Waals surface area (Å²) in [5.74, 6) is 1.98. The summed E-state index contributed by atoms with van der Waals surface area (Å²) in [4.78, 5) is 4.44. The van der Waals surface area contributed by atoms with Gasteiger partial charge in [0.25, 0.3) is 0 Å². The second-order valence-electron chi connectivity index (χ2n) is 4.94. The fourth-order valence-corrected chi connectivity index (χ4v) is 2.65. The number of methoxy groups -OCH3 is 1. The van der Waals surface area contributed by atoms with E-state index in [9.17, 15) is 0 Å². The Morgan fingerprint density at radius 2 is 2.41 bits per heavy atom. The number of ether oxygens (including phenoxy) is 1. The zero-order valence-corrected chi connectivity index (χ0v) is 10.8. The summed E-state index contributed by atoms with van der Waals surface area (Å²) in [6, 6.07) is 0. The van der Waals surface area contributed by atoms with Gasteiger partial charge in [-0.3, -0.25) is 0 Å². The summed E-state index contributed by atoms with van der Waals surface area (Å²) in [6.07, 6.45) is 4.37. The van der Waals surface area contributed by atoms with Gasteiger partial charge in [0.15, 0.2) is 0 Å². The third-order valence-corrected chi connectivity index (χ3v) is 3.55. The number of rotatable bonds is 4. The molecule has 0 radical (unpaired) electrons. The van der Waals surface area contributed by atoms with Crippen LogP contribution in [0.2, 0.25) is 0 Å². The quantitative estimate of drug-likeness (QED) is 0.868. The van der Waals surface area contributed by atoms with Crippen molar-refractivity contribution in [3.05, 3.63) is 11.7 Å². The molecule has 1 aromatic heterocycles. The molecule has 1 N–H and O–H groups in total. The maximum Gasteiger partial charge on any atom is 0.240 e. The van der Waals surface area contributed by atoms with E-state index in [1.165, 1.54) is 6.42 Å². The highest BCUT2D eigenvalue weighted by Gasteiger charge is 2.40. The molecule has 5 heteroatoms. The van der Waals surface area contributed by atoms with E-state index < -0.39 is 0 Å². The third-order valence-electron chi connectivity index (χ3n) is 3.55. The fraction of sp³-hybridized carbons (Fsp3) is 0.833. The normalized spacial score (nSPS) is 29.5. The van der Waals surface area contributed by atoms with E-state index in [2.05, 4.69) is 22.4 Å². The minimum atomic E-state index is -0.340. The lowest BCUT2D eigenvalue weighted by Crippen LogP contribution is -2.35. The van der Waals surface area contributed by atoms with Crippen LogP contribution in [-0.4, -0.2) is 24.3 Å². The Kier molecular flexibility index (Phi) is 3.79. The van der Waals surface area contributed by atoms with Crippen LogP contribution in [0.5, 0.6) is 0 Å². The number of hydrogen-bond donors (Lipinski definition) is 1. The van der Waals surface area contributed by atoms with Gasteiger partial charge in [0.2, 0.25) is 11.7 Å². The molecule has 2 atom stereocenters. The molecule has 0 aliphatic heterocycles. The van der Waals surface area contributed by atoms with Gasteiger partial charge in [-0.15, -0.1) is 0 Å². The van der Waals surface area contributed by atoms with Crippen molar-refractivity contribution >= 4 is 0 Å². The first-order chi connectivity index (χ1) is 8.20. The van der Waals surface area contributed by atoms with Crippen LogP contribution in [0.4, 0.5) is 0 Å². The summed E-state index contributed by atoms with van der Waals surface area (Å²) in [6.45, 7) is 2.85. The molecular weight excluding hydrogens is 218 g/mol. The third kappa shape index (κ3) is 2.50. The van der Waals surface area contributed by atoms with Crippen LogP contribution < -0.4 is 5.32 Å². The number of aromatic nitrogens is 2. The Bertz CT molecular complexity index is 366. The smallest absolute Gasteiger partial charge is 0.240 e. The van der Waals surface area contributed by atoms with E-state index in [4.69, 9.17) is 9.26 Å². The van der Waals surface area contributed by atoms with Crippen molar-refractivity contribution in [1.29, 1.82) is 0 Å². The van der Waals surface area contributed by atoms with Gasteiger partial charge in [0, 0.05) is 7.11 Å². The maximum absolute atomic E-state index is 5.72. The van der Waals surface area contributed by atoms with Gasteiger partial charge in [-0.25, -0.2) is 0 Å². The number of nitrogens with one attached hydrogen (secondary N) is 1. The van der Waals surface area contributed by atoms with Crippen LogP contribution in [0.1, 0.15) is 44.3 Å². The van der Waals surface area contributed by atoms with Gasteiger partial charge in [0.05, 0.1) is 6.54 Å². The number of nitrogens with zero attached hydrogens (tertiary/aromatic N) is 2. The van der Waals surface area contributed by atoms with E-state index in [0.29, 0.717) is 24.2 Å². The summed E-state index contributed by atoms with van der Waals surface area (Å²) in [7, 11) is 3.60. The van der Waals surface area contributed by atoms with Gasteiger partial charge in [-0.05, 0) is 32.2 Å². The van der Waals surface area contributed by atoms with E-state index in [1.54, 1.807) is 7.11 Å². The highest BCUT2D eigenvalue weighted by Crippen LogP contribution is 2.41. The van der Waals surface area contributed by atoms with Crippen molar-refractivity contribution in [2.75, 3.05) is 14.2 Å². The number of hydrogen-bond acceptors (Lipinski definition) is 5. The van der Waals surface area contributed by atoms with E-state index in [1.807, 2.05) is 7.05 Å². The van der Waals surface area contributed by atoms with Crippen molar-refractivity contribution in [2.24, 2.45) is 5.92 Å². The predicted octanol–water partition coefficient (Wildman–Crippen LogP) is 1.84. The highest BCUT2D eigenvalue weighted by molar-refractivity contribution is 5.04. The van der Waals surface area contributed by atoms with E-state index >= 15 is 0 Å². The molecule has 1 heterocycles. The first kappa shape index (κ1) is 12.5. The Hall–Kier alpha value is -0.940. The Morgan fingerprint density at radius 3 is 3.06 bits per heavy atom. The van der Waals surface area contributed by atoms with Gasteiger partial charge in [-0.1, -0.05) is 18.5 Å². The molecule has 0 aromatic carbocycles. The van der Waals surface area contributed by atoms with E-state index in [0.717, 1.165) is 19.3 Å². The second-order valence-corrected chi connectivity index (χ2v) is 4.94. The minimum Gasteiger partial charge on any atom is -0.370 e. The van der Waals surface area contributed by atoms with Gasteiger partial charge in [0.1, 0.15) is 5.60 Å². The molecule has 0 amide bonds. The zero-order valence-electron chi connectivity index (χ0n) is 10.8. The minimum absolute atomic E-state index is 0.340. The molecule has 2 unspecified atom stereocenters. The Balaban J connectivity index is 2.20. The van der Waals surface area contributed by atoms with Crippen LogP contribution in [0.3, 0.4) is 0 Å². The molecule has 1 fully saturated rings. The van der Waals surface area contributed by atoms with Crippen molar-refractivity contribution < 1.29 is 9.26 Å². The van der Waals surface area contributed by atoms with Crippen LogP contribution in [0.15, 0.2) is 4.52 Å². The molecule has 96 valence electrons. The molecule has 17 heavy (non-hydrogen) atoms. The summed E-state index contributed by atoms with van der Waals surface area (Å²) in [5, 5.41) is 7.09. The molecular formula is C12H21N3O2. The lowest BCUT2D eigenvalue weighted by Gasteiger charge is -2.36. The molecule has 2 rings (SSSR count). The van der Waals surface area contributed by atoms with Crippen LogP contribution >= 0.6 is 0 Å². The standard InChI is InChI=1S/C12H21N3O2/c1-9-5-4-6-12(7-9,16-3)11-14-10(8-13-2)17-15-11/h9,13H,4-8H2,1-3H3. The van der Waals surface area contributed by atoms with Gasteiger partial charge >= 0.3 is 0 Å². The Labute approximate surface area is 102 Å². The second kappa shape index (κ2) is 5.14. The predicted molar refractivity (Wildman–Crippen MR) is 63.4 cm³/mol. The van der Waals surface area contributed by atoms with Gasteiger partial charge in [-0.2, -0.15) is 4.98 Å². The van der Waals surface area contributed by atoms with Crippen molar-refractivity contribution in [2.45, 2.75) is 44.8 Å². The van der Waals surface area contributed by atoms with Crippen molar-refractivity contribution in [3.8, 4) is 0 Å². The summed E-state index contributed by atoms with van der Waals surface area (Å²) < 4.78 is 10.9. The molecule has 1 aliphatic carbocycles. The highest BCUT2D eigenvalue weighted by atomic mass is 16.5. The topological polar surface area (TPSA) is 60.2 Å². The molecule has 0 bridgehead atoms. The molecule has 1 saturated carbocycles. The zero-order chi connectivity index (χ0) is 12.3. The lowest BCUT2D eigenvalue weighted by molar-refractivity contribution is -0.0658. The van der Waals surface area contributed by atoms with Crippen LogP contribution in [-0.2, 0) is 16.9 Å². The monoisotopic (exact) mass is 239 g/mol. The average Bonchev–Trinajstić information content (AvgIpc) is 2.78. The SMILES string of the molecule is CNCc1nc(C2(OC)CCCC(C)C2)no1. The van der Waals surface area contributed by atoms with Crippen molar-refractivity contribution in [3.63, 3.8) is 0 Å². The molecule has 0 spiro atoms. The maximum atomic E-state index is 5.72. The van der Waals surface area contributed by atoms with E-state index in [-0.39, 0.29) is 5.60 Å². The molecule has 1 aliphatic rings. The molecule has 5 nitrogen and oxygen atoms in total. The lowest BCUT2D eigenvalue weighted by atomic mass is 9.78. The fourth-order valence-electron chi connectivity index (χ4n) is 2.65. The Morgan fingerprint density at radius 1 is 1.59 bits per heavy atom. The van der Waals surface area contributed by atoms with Gasteiger partial charge < -0.3 is 14.6 Å². The van der Waals surface area contributed by atoms with Crippen LogP contribution in [0, 0.1) is 5.92 Å². The summed E-state index contributed by atoms with van der Waals surface area (Å²) in [5.41, 5.74) is -0.340. The van der Waals surface area contributed by atoms with Crippen molar-refractivity contribution in [1.82, 2.24) is 15.5 Å². The summed E-state index contributed by atoms with van der Waals surface area (Å²) >= 11 is 0. The largest absolute Gasteiger partial charge is 0.370 e. The van der Waals surface area contributed by atoms with Crippen LogP contribution in [0.25, 0.3) is 0 Å².